The van der Waals surface area contributed by atoms with Crippen LogP contribution in [0.25, 0.3) is 88.3 Å². The van der Waals surface area contributed by atoms with Gasteiger partial charge in [0.2, 0.25) is 0 Å². The van der Waals surface area contributed by atoms with Crippen molar-refractivity contribution in [2.24, 2.45) is 0 Å². The molecule has 0 bridgehead atoms. The maximum absolute atomic E-state index is 7.46. The van der Waals surface area contributed by atoms with Crippen LogP contribution in [0.5, 0.6) is 0 Å². The van der Waals surface area contributed by atoms with Crippen LogP contribution >= 0.6 is 0 Å². The molecule has 0 aliphatic heterocycles. The number of aromatic nitrogens is 4. The van der Waals surface area contributed by atoms with E-state index in [1.165, 1.54) is 11.1 Å². The molecule has 0 N–H and O–H groups in total. The van der Waals surface area contributed by atoms with Crippen LogP contribution in [0.2, 0.25) is 0 Å². The van der Waals surface area contributed by atoms with E-state index < -0.39 is 0 Å². The van der Waals surface area contributed by atoms with Gasteiger partial charge < -0.3 is 4.57 Å². The van der Waals surface area contributed by atoms with E-state index in [0.717, 1.165) is 78.7 Å². The first kappa shape index (κ1) is 49.2. The first-order valence-corrected chi connectivity index (χ1v) is 23.4. The van der Waals surface area contributed by atoms with Crippen molar-refractivity contribution in [3.63, 3.8) is 0 Å². The fourth-order valence-corrected chi connectivity index (χ4v) is 8.75. The molecule has 1 radical (unpaired) electrons. The second-order valence-corrected chi connectivity index (χ2v) is 19.3. The van der Waals surface area contributed by atoms with Crippen LogP contribution in [-0.2, 0) is 30.9 Å². The second kappa shape index (κ2) is 21.2. The molecule has 349 valence electrons. The molecule has 0 atom stereocenters. The normalized spacial score (nSPS) is 11.1. The predicted molar refractivity (Wildman–Crippen MR) is 289 cm³/mol. The van der Waals surface area contributed by atoms with Gasteiger partial charge in [-0.1, -0.05) is 181 Å². The Morgan fingerprint density at radius 3 is 1.18 bits per heavy atom. The molecule has 0 fully saturated rings. The number of hydrogen-bond donors (Lipinski definition) is 0. The standard InChI is InChI=1S/C32H27N3.C32H26N3.Ir/c2*1-32(2,3)26-21-28(23-12-7-5-8-13-23)30(29(22-26)24-14-9-6-10-15-24)35-19-18-34-31(35)25-16-11-17-27(20-25)33-4;/h5-22H,1-3H3;5-15,17-22H,1-3H3;/q;-1;. The van der Waals surface area contributed by atoms with Crippen molar-refractivity contribution < 1.29 is 20.1 Å². The van der Waals surface area contributed by atoms with Gasteiger partial charge in [-0.15, -0.1) is 23.8 Å². The van der Waals surface area contributed by atoms with E-state index in [-0.39, 0.29) is 30.9 Å². The molecule has 0 saturated heterocycles. The minimum absolute atomic E-state index is 0. The molecule has 2 heterocycles. The Balaban J connectivity index is 0.000000188. The van der Waals surface area contributed by atoms with E-state index in [9.17, 15) is 0 Å². The summed E-state index contributed by atoms with van der Waals surface area (Å²) in [5, 5.41) is 0. The summed E-state index contributed by atoms with van der Waals surface area (Å²) in [7, 11) is 0. The Kier molecular flexibility index (Phi) is 14.7. The molecule has 0 unspecified atom stereocenters. The summed E-state index contributed by atoms with van der Waals surface area (Å²) in [6.45, 7) is 28.4. The Labute approximate surface area is 432 Å². The largest absolute Gasteiger partial charge is 0.339 e. The van der Waals surface area contributed by atoms with Gasteiger partial charge in [-0.25, -0.2) is 9.83 Å². The summed E-state index contributed by atoms with van der Waals surface area (Å²) < 4.78 is 4.30. The number of hydrogen-bond acceptors (Lipinski definition) is 2. The molecule has 71 heavy (non-hydrogen) atoms. The van der Waals surface area contributed by atoms with Crippen LogP contribution < -0.4 is 0 Å². The van der Waals surface area contributed by atoms with Gasteiger partial charge >= 0.3 is 0 Å². The van der Waals surface area contributed by atoms with Crippen molar-refractivity contribution >= 4 is 11.4 Å². The van der Waals surface area contributed by atoms with Gasteiger partial charge in [0.15, 0.2) is 5.69 Å². The van der Waals surface area contributed by atoms with Gasteiger partial charge in [0.05, 0.1) is 30.3 Å². The zero-order valence-electron chi connectivity index (χ0n) is 40.7. The van der Waals surface area contributed by atoms with Crippen LogP contribution in [0, 0.1) is 19.2 Å². The number of rotatable bonds is 8. The SMILES string of the molecule is [C-]#[N+]c1cc[c-]c(-c2nccn2-c2c(-c3ccccc3)cc(C(C)(C)C)cc2-c2ccccc2)c1.[C-]#[N+]c1cccc(-c2nccn2-c2c(-c3ccccc3)cc(C(C)(C)C)cc2-c2ccccc2)c1.[Ir]. The fourth-order valence-electron chi connectivity index (χ4n) is 8.75. The van der Waals surface area contributed by atoms with E-state index in [2.05, 4.69) is 188 Å². The predicted octanol–water partition coefficient (Wildman–Crippen LogP) is 17.2. The maximum Gasteiger partial charge on any atom is 0.187 e. The third-order valence-electron chi connectivity index (χ3n) is 12.4. The average molecular weight is 1100 g/mol. The average Bonchev–Trinajstić information content (AvgIpc) is 4.10. The van der Waals surface area contributed by atoms with E-state index in [0.29, 0.717) is 11.4 Å². The van der Waals surface area contributed by atoms with Gasteiger partial charge in [0.1, 0.15) is 11.5 Å². The first-order chi connectivity index (χ1) is 33.9. The van der Waals surface area contributed by atoms with Gasteiger partial charge in [-0.05, 0) is 74.5 Å². The minimum Gasteiger partial charge on any atom is -0.339 e. The Hall–Kier alpha value is -8.19. The van der Waals surface area contributed by atoms with Crippen LogP contribution in [0.4, 0.5) is 11.4 Å². The molecule has 0 spiro atoms. The Morgan fingerprint density at radius 1 is 0.423 bits per heavy atom. The zero-order valence-corrected chi connectivity index (χ0v) is 43.1. The van der Waals surface area contributed by atoms with E-state index in [1.807, 2.05) is 79.4 Å². The summed E-state index contributed by atoms with van der Waals surface area (Å²) in [6, 6.07) is 67.7. The molecule has 10 aromatic rings. The van der Waals surface area contributed by atoms with Crippen molar-refractivity contribution in [1.29, 1.82) is 0 Å². The summed E-state index contributed by atoms with van der Waals surface area (Å²) in [4.78, 5) is 16.7. The summed E-state index contributed by atoms with van der Waals surface area (Å²) >= 11 is 0. The van der Waals surface area contributed by atoms with Crippen molar-refractivity contribution in [1.82, 2.24) is 19.1 Å². The van der Waals surface area contributed by atoms with Crippen LogP contribution in [0.1, 0.15) is 52.7 Å². The molecule has 6 nitrogen and oxygen atoms in total. The molecule has 0 saturated carbocycles. The molecule has 0 aliphatic carbocycles. The molecule has 0 aliphatic rings. The second-order valence-electron chi connectivity index (χ2n) is 19.3. The number of benzene rings is 8. The van der Waals surface area contributed by atoms with Gasteiger partial charge in [0, 0.05) is 72.7 Å². The van der Waals surface area contributed by atoms with Gasteiger partial charge in [-0.3, -0.25) is 14.4 Å². The Morgan fingerprint density at radius 2 is 0.789 bits per heavy atom. The summed E-state index contributed by atoms with van der Waals surface area (Å²) in [5.74, 6) is 1.57. The van der Waals surface area contributed by atoms with Crippen molar-refractivity contribution in [3.8, 4) is 78.7 Å². The van der Waals surface area contributed by atoms with E-state index in [4.69, 9.17) is 23.1 Å². The summed E-state index contributed by atoms with van der Waals surface area (Å²) in [5.41, 5.74) is 16.7. The molecule has 10 rings (SSSR count). The molecule has 7 heteroatoms. The topological polar surface area (TPSA) is 44.4 Å². The third kappa shape index (κ3) is 10.7. The van der Waals surface area contributed by atoms with Crippen molar-refractivity contribution in [3.05, 3.63) is 253 Å². The molecular formula is C64H53IrN6-. The molecule has 2 aromatic heterocycles. The van der Waals surface area contributed by atoms with Crippen molar-refractivity contribution in [2.45, 2.75) is 52.4 Å². The van der Waals surface area contributed by atoms with E-state index in [1.54, 1.807) is 12.1 Å². The number of imidazole rings is 2. The molecule has 0 amide bonds. The maximum atomic E-state index is 7.46. The third-order valence-corrected chi connectivity index (χ3v) is 12.4. The van der Waals surface area contributed by atoms with Crippen LogP contribution in [0.3, 0.4) is 0 Å². The van der Waals surface area contributed by atoms with Gasteiger partial charge in [-0.2, -0.15) is 6.07 Å². The fraction of sp³-hybridized carbons (Fsp3) is 0.125. The Bertz CT molecular complexity index is 3150. The molecular weight excluding hydrogens is 1040 g/mol. The molecule has 8 aromatic carbocycles. The van der Waals surface area contributed by atoms with E-state index >= 15 is 0 Å². The summed E-state index contributed by atoms with van der Waals surface area (Å²) in [6.07, 6.45) is 7.67. The zero-order chi connectivity index (χ0) is 48.8. The monoisotopic (exact) mass is 1100 g/mol. The van der Waals surface area contributed by atoms with Crippen LogP contribution in [0.15, 0.2) is 213 Å². The minimum atomic E-state index is -0.0267. The first-order valence-electron chi connectivity index (χ1n) is 23.4. The van der Waals surface area contributed by atoms with Gasteiger partial charge in [0.25, 0.3) is 0 Å². The van der Waals surface area contributed by atoms with Crippen LogP contribution in [-0.4, -0.2) is 19.1 Å². The van der Waals surface area contributed by atoms with Crippen molar-refractivity contribution in [2.75, 3.05) is 0 Å². The smallest absolute Gasteiger partial charge is 0.187 e. The number of nitrogens with zero attached hydrogens (tertiary/aromatic N) is 6. The quantitative estimate of drug-likeness (QED) is 0.142.